The number of nitriles is 1. The predicted molar refractivity (Wildman–Crippen MR) is 92.6 cm³/mol. The van der Waals surface area contributed by atoms with E-state index in [0.29, 0.717) is 22.2 Å². The highest BCUT2D eigenvalue weighted by molar-refractivity contribution is 5.96. The summed E-state index contributed by atoms with van der Waals surface area (Å²) in [6.07, 6.45) is 0. The van der Waals surface area contributed by atoms with Crippen LogP contribution in [0.1, 0.15) is 15.9 Å². The fraction of sp³-hybridized carbons (Fsp3) is 0.0526. The van der Waals surface area contributed by atoms with Gasteiger partial charge in [-0.2, -0.15) is 5.26 Å². The number of para-hydroxylation sites is 1. The Morgan fingerprint density at radius 1 is 1.12 bits per heavy atom. The van der Waals surface area contributed by atoms with Gasteiger partial charge in [0.2, 0.25) is 0 Å². The zero-order valence-corrected chi connectivity index (χ0v) is 13.4. The maximum Gasteiger partial charge on any atom is 0.351 e. The fourth-order valence-corrected chi connectivity index (χ4v) is 2.24. The van der Waals surface area contributed by atoms with Gasteiger partial charge in [0.15, 0.2) is 6.61 Å². The van der Waals surface area contributed by atoms with E-state index < -0.39 is 24.1 Å². The van der Waals surface area contributed by atoms with Crippen molar-refractivity contribution in [2.45, 2.75) is 0 Å². The van der Waals surface area contributed by atoms with Crippen LogP contribution in [0.3, 0.4) is 0 Å². The molecule has 128 valence electrons. The molecule has 0 aliphatic heterocycles. The highest BCUT2D eigenvalue weighted by Gasteiger charge is 2.16. The molecule has 0 fully saturated rings. The lowest BCUT2D eigenvalue weighted by atomic mass is 10.2. The molecule has 2 aromatic carbocycles. The van der Waals surface area contributed by atoms with Crippen LogP contribution in [0.4, 0.5) is 5.69 Å². The van der Waals surface area contributed by atoms with Gasteiger partial charge in [-0.25, -0.2) is 9.59 Å². The van der Waals surface area contributed by atoms with E-state index in [9.17, 15) is 14.4 Å². The molecule has 1 aromatic heterocycles. The molecule has 0 unspecified atom stereocenters. The molecule has 0 saturated heterocycles. The fourth-order valence-electron chi connectivity index (χ4n) is 2.24. The van der Waals surface area contributed by atoms with Gasteiger partial charge in [0.05, 0.1) is 11.6 Å². The number of nitrogens with zero attached hydrogens (tertiary/aromatic N) is 1. The van der Waals surface area contributed by atoms with Crippen molar-refractivity contribution < 1.29 is 18.7 Å². The number of ether oxygens (including phenoxy) is 1. The summed E-state index contributed by atoms with van der Waals surface area (Å²) in [7, 11) is 0. The van der Waals surface area contributed by atoms with Crippen molar-refractivity contribution in [2.75, 3.05) is 11.9 Å². The van der Waals surface area contributed by atoms with E-state index in [2.05, 4.69) is 5.32 Å². The Bertz CT molecular complexity index is 1080. The van der Waals surface area contributed by atoms with Crippen LogP contribution < -0.4 is 10.9 Å². The van der Waals surface area contributed by atoms with Gasteiger partial charge in [-0.1, -0.05) is 18.2 Å². The van der Waals surface area contributed by atoms with Crippen LogP contribution >= 0.6 is 0 Å². The molecular formula is C19H12N2O5. The first kappa shape index (κ1) is 16.9. The summed E-state index contributed by atoms with van der Waals surface area (Å²) in [5.41, 5.74) is 0.149. The van der Waals surface area contributed by atoms with Gasteiger partial charge in [0.1, 0.15) is 11.1 Å². The summed E-state index contributed by atoms with van der Waals surface area (Å²) in [6, 6.07) is 16.3. The first-order valence-corrected chi connectivity index (χ1v) is 7.57. The van der Waals surface area contributed by atoms with E-state index in [0.717, 1.165) is 0 Å². The van der Waals surface area contributed by atoms with Crippen LogP contribution in [0.25, 0.3) is 11.0 Å². The number of fused-ring (bicyclic) bond motifs is 1. The molecule has 3 aromatic rings. The van der Waals surface area contributed by atoms with E-state index in [1.54, 1.807) is 48.5 Å². The molecular weight excluding hydrogens is 336 g/mol. The Labute approximate surface area is 147 Å². The van der Waals surface area contributed by atoms with Gasteiger partial charge >= 0.3 is 11.6 Å². The van der Waals surface area contributed by atoms with E-state index in [-0.39, 0.29) is 5.56 Å². The zero-order chi connectivity index (χ0) is 18.5. The summed E-state index contributed by atoms with van der Waals surface area (Å²) in [6.45, 7) is -0.564. The Morgan fingerprint density at radius 3 is 2.58 bits per heavy atom. The molecule has 0 aliphatic rings. The van der Waals surface area contributed by atoms with Crippen LogP contribution in [0.2, 0.25) is 0 Å². The van der Waals surface area contributed by atoms with E-state index in [1.807, 2.05) is 6.07 Å². The van der Waals surface area contributed by atoms with Crippen LogP contribution in [0, 0.1) is 11.3 Å². The zero-order valence-electron chi connectivity index (χ0n) is 13.4. The molecule has 7 nitrogen and oxygen atoms in total. The highest BCUT2D eigenvalue weighted by Crippen LogP contribution is 2.13. The lowest BCUT2D eigenvalue weighted by Crippen LogP contribution is -2.23. The van der Waals surface area contributed by atoms with Crippen LogP contribution in [-0.4, -0.2) is 18.5 Å². The number of esters is 1. The van der Waals surface area contributed by atoms with Gasteiger partial charge in [0, 0.05) is 11.1 Å². The first-order chi connectivity index (χ1) is 12.6. The Kier molecular flexibility index (Phi) is 4.76. The van der Waals surface area contributed by atoms with Crippen molar-refractivity contribution in [1.29, 1.82) is 5.26 Å². The summed E-state index contributed by atoms with van der Waals surface area (Å²) in [5, 5.41) is 11.8. The molecule has 3 rings (SSSR count). The van der Waals surface area contributed by atoms with Crippen molar-refractivity contribution in [3.63, 3.8) is 0 Å². The van der Waals surface area contributed by atoms with Crippen LogP contribution in [0.5, 0.6) is 0 Å². The number of carbonyl (C=O) groups is 2. The number of amides is 1. The minimum Gasteiger partial charge on any atom is -0.452 e. The van der Waals surface area contributed by atoms with Crippen LogP contribution in [0.15, 0.2) is 63.8 Å². The second-order valence-corrected chi connectivity index (χ2v) is 5.30. The third kappa shape index (κ3) is 3.76. The third-order valence-electron chi connectivity index (χ3n) is 3.49. The monoisotopic (exact) mass is 348 g/mol. The minimum absolute atomic E-state index is 0.283. The average molecular weight is 348 g/mol. The van der Waals surface area contributed by atoms with Crippen molar-refractivity contribution in [1.82, 2.24) is 0 Å². The number of benzene rings is 2. The molecule has 0 spiro atoms. The lowest BCUT2D eigenvalue weighted by Gasteiger charge is -2.06. The number of nitrogens with one attached hydrogen (secondary N) is 1. The smallest absolute Gasteiger partial charge is 0.351 e. The number of rotatable bonds is 4. The standard InChI is InChI=1S/C19H12N2O5/c20-10-12-5-7-14(8-6-12)21-17(22)11-25-18(23)15-9-13-3-1-2-4-16(13)26-19(15)24/h1-9H,11H2,(H,21,22). The first-order valence-electron chi connectivity index (χ1n) is 7.57. The molecule has 1 amide bonds. The van der Waals surface area contributed by atoms with Crippen LogP contribution in [-0.2, 0) is 9.53 Å². The molecule has 7 heteroatoms. The second kappa shape index (κ2) is 7.32. The maximum absolute atomic E-state index is 12.1. The van der Waals surface area contributed by atoms with Gasteiger partial charge in [-0.15, -0.1) is 0 Å². The molecule has 1 heterocycles. The van der Waals surface area contributed by atoms with Gasteiger partial charge in [-0.3, -0.25) is 4.79 Å². The summed E-state index contributed by atoms with van der Waals surface area (Å²) in [4.78, 5) is 35.8. The molecule has 26 heavy (non-hydrogen) atoms. The number of hydrogen-bond acceptors (Lipinski definition) is 6. The average Bonchev–Trinajstić information content (AvgIpc) is 2.66. The molecule has 0 bridgehead atoms. The summed E-state index contributed by atoms with van der Waals surface area (Å²) in [5.74, 6) is -1.52. The Hall–Kier alpha value is -3.92. The molecule has 0 atom stereocenters. The van der Waals surface area contributed by atoms with Crippen molar-refractivity contribution in [3.8, 4) is 6.07 Å². The molecule has 0 aliphatic carbocycles. The third-order valence-corrected chi connectivity index (χ3v) is 3.49. The Balaban J connectivity index is 1.64. The predicted octanol–water partition coefficient (Wildman–Crippen LogP) is 2.46. The topological polar surface area (TPSA) is 109 Å². The van der Waals surface area contributed by atoms with Crippen molar-refractivity contribution in [2.24, 2.45) is 0 Å². The lowest BCUT2D eigenvalue weighted by molar-refractivity contribution is -0.119. The number of anilines is 1. The molecule has 0 saturated carbocycles. The van der Waals surface area contributed by atoms with E-state index in [4.69, 9.17) is 14.4 Å². The van der Waals surface area contributed by atoms with Crippen molar-refractivity contribution in [3.05, 3.63) is 76.1 Å². The normalized spacial score (nSPS) is 10.1. The SMILES string of the molecule is N#Cc1ccc(NC(=O)COC(=O)c2cc3ccccc3oc2=O)cc1. The summed E-state index contributed by atoms with van der Waals surface area (Å²) < 4.78 is 9.93. The molecule has 1 N–H and O–H groups in total. The minimum atomic E-state index is -0.945. The van der Waals surface area contributed by atoms with Gasteiger partial charge in [0.25, 0.3) is 5.91 Å². The summed E-state index contributed by atoms with van der Waals surface area (Å²) >= 11 is 0. The highest BCUT2D eigenvalue weighted by atomic mass is 16.5. The van der Waals surface area contributed by atoms with E-state index in [1.165, 1.54) is 6.07 Å². The largest absolute Gasteiger partial charge is 0.452 e. The Morgan fingerprint density at radius 2 is 1.85 bits per heavy atom. The quantitative estimate of drug-likeness (QED) is 0.573. The second-order valence-electron chi connectivity index (χ2n) is 5.30. The molecule has 0 radical (unpaired) electrons. The number of hydrogen-bond donors (Lipinski definition) is 1. The van der Waals surface area contributed by atoms with E-state index >= 15 is 0 Å². The van der Waals surface area contributed by atoms with Gasteiger partial charge < -0.3 is 14.5 Å². The van der Waals surface area contributed by atoms with Gasteiger partial charge in [-0.05, 0) is 36.4 Å². The van der Waals surface area contributed by atoms with Crippen molar-refractivity contribution >= 4 is 28.5 Å². The number of carbonyl (C=O) groups excluding carboxylic acids is 2. The maximum atomic E-state index is 12.1.